The van der Waals surface area contributed by atoms with Crippen molar-refractivity contribution in [3.8, 4) is 0 Å². The average Bonchev–Trinajstić information content (AvgIpc) is 3.20. The molecule has 0 spiro atoms. The molecule has 1 aliphatic carbocycles. The van der Waals surface area contributed by atoms with Crippen LogP contribution in [0.4, 0.5) is 0 Å². The standard InChI is InChI=1S/C17H31N3O/c21-17(20-12-3-4-13-20)9-11-19-16-8-5-6-14(16)15-7-1-2-10-18-15/h14-16,18-19H,1-13H2. The Morgan fingerprint density at radius 1 is 1.05 bits per heavy atom. The van der Waals surface area contributed by atoms with Gasteiger partial charge in [0.25, 0.3) is 0 Å². The van der Waals surface area contributed by atoms with E-state index in [1.807, 2.05) is 4.90 Å². The molecule has 3 unspecified atom stereocenters. The molecule has 0 aromatic carbocycles. The minimum atomic E-state index is 0.352. The van der Waals surface area contributed by atoms with E-state index < -0.39 is 0 Å². The van der Waals surface area contributed by atoms with E-state index in [9.17, 15) is 4.79 Å². The highest BCUT2D eigenvalue weighted by molar-refractivity contribution is 5.76. The topological polar surface area (TPSA) is 44.4 Å². The molecule has 0 bridgehead atoms. The van der Waals surface area contributed by atoms with E-state index >= 15 is 0 Å². The first kappa shape index (κ1) is 15.3. The predicted molar refractivity (Wildman–Crippen MR) is 85.2 cm³/mol. The monoisotopic (exact) mass is 293 g/mol. The Morgan fingerprint density at radius 2 is 1.90 bits per heavy atom. The van der Waals surface area contributed by atoms with E-state index in [2.05, 4.69) is 10.6 Å². The highest BCUT2D eigenvalue weighted by atomic mass is 16.2. The molecule has 3 fully saturated rings. The van der Waals surface area contributed by atoms with E-state index in [0.29, 0.717) is 24.4 Å². The van der Waals surface area contributed by atoms with E-state index in [1.165, 1.54) is 57.9 Å². The molecule has 120 valence electrons. The molecule has 3 rings (SSSR count). The number of carbonyl (C=O) groups excluding carboxylic acids is 1. The fourth-order valence-corrected chi connectivity index (χ4v) is 4.46. The van der Waals surface area contributed by atoms with Crippen molar-refractivity contribution in [2.75, 3.05) is 26.2 Å². The summed E-state index contributed by atoms with van der Waals surface area (Å²) >= 11 is 0. The van der Waals surface area contributed by atoms with Crippen LogP contribution in [0.3, 0.4) is 0 Å². The van der Waals surface area contributed by atoms with Gasteiger partial charge in [-0.05, 0) is 51.0 Å². The van der Waals surface area contributed by atoms with Crippen LogP contribution in [0.2, 0.25) is 0 Å². The van der Waals surface area contributed by atoms with E-state index in [4.69, 9.17) is 0 Å². The molecule has 1 amide bonds. The second-order valence-electron chi connectivity index (χ2n) is 7.05. The van der Waals surface area contributed by atoms with Crippen LogP contribution in [-0.2, 0) is 4.79 Å². The number of nitrogens with zero attached hydrogens (tertiary/aromatic N) is 1. The molecule has 4 heteroatoms. The molecule has 2 N–H and O–H groups in total. The lowest BCUT2D eigenvalue weighted by molar-refractivity contribution is -0.130. The number of hydrogen-bond acceptors (Lipinski definition) is 3. The van der Waals surface area contributed by atoms with Gasteiger partial charge in [-0.2, -0.15) is 0 Å². The fraction of sp³-hybridized carbons (Fsp3) is 0.941. The van der Waals surface area contributed by atoms with Gasteiger partial charge in [-0.3, -0.25) is 4.79 Å². The number of hydrogen-bond donors (Lipinski definition) is 2. The van der Waals surface area contributed by atoms with Gasteiger partial charge in [-0.1, -0.05) is 12.8 Å². The lowest BCUT2D eigenvalue weighted by Gasteiger charge is -2.33. The van der Waals surface area contributed by atoms with Crippen molar-refractivity contribution >= 4 is 5.91 Å². The third kappa shape index (κ3) is 3.98. The van der Waals surface area contributed by atoms with Crippen LogP contribution in [0, 0.1) is 5.92 Å². The van der Waals surface area contributed by atoms with Crippen LogP contribution in [-0.4, -0.2) is 49.1 Å². The Hall–Kier alpha value is -0.610. The van der Waals surface area contributed by atoms with Gasteiger partial charge in [0.2, 0.25) is 5.91 Å². The van der Waals surface area contributed by atoms with Gasteiger partial charge in [-0.15, -0.1) is 0 Å². The molecular formula is C17H31N3O. The van der Waals surface area contributed by atoms with E-state index in [-0.39, 0.29) is 0 Å². The number of likely N-dealkylation sites (tertiary alicyclic amines) is 1. The number of carbonyl (C=O) groups is 1. The molecule has 1 saturated carbocycles. The summed E-state index contributed by atoms with van der Waals surface area (Å²) in [5.74, 6) is 1.14. The summed E-state index contributed by atoms with van der Waals surface area (Å²) in [6.45, 7) is 4.03. The van der Waals surface area contributed by atoms with Crippen LogP contribution < -0.4 is 10.6 Å². The summed E-state index contributed by atoms with van der Waals surface area (Å²) in [4.78, 5) is 14.1. The Kier molecular flexibility index (Phi) is 5.53. The molecule has 3 atom stereocenters. The highest BCUT2D eigenvalue weighted by Crippen LogP contribution is 2.31. The Bertz CT molecular complexity index is 335. The normalized spacial score (nSPS) is 33.5. The molecule has 3 aliphatic rings. The van der Waals surface area contributed by atoms with Crippen molar-refractivity contribution in [2.45, 2.75) is 69.9 Å². The van der Waals surface area contributed by atoms with Crippen LogP contribution in [0.15, 0.2) is 0 Å². The summed E-state index contributed by atoms with van der Waals surface area (Å²) in [7, 11) is 0. The molecule has 4 nitrogen and oxygen atoms in total. The number of rotatable bonds is 5. The minimum absolute atomic E-state index is 0.352. The third-order valence-electron chi connectivity index (χ3n) is 5.64. The molecule has 2 heterocycles. The lowest BCUT2D eigenvalue weighted by Crippen LogP contribution is -2.47. The summed E-state index contributed by atoms with van der Waals surface area (Å²) in [5.41, 5.74) is 0. The number of piperidine rings is 1. The summed E-state index contributed by atoms with van der Waals surface area (Å²) < 4.78 is 0. The van der Waals surface area contributed by atoms with Gasteiger partial charge >= 0.3 is 0 Å². The van der Waals surface area contributed by atoms with Crippen molar-refractivity contribution in [3.05, 3.63) is 0 Å². The smallest absolute Gasteiger partial charge is 0.223 e. The Labute approximate surface area is 129 Å². The molecule has 0 aromatic rings. The van der Waals surface area contributed by atoms with Crippen molar-refractivity contribution in [2.24, 2.45) is 5.92 Å². The maximum Gasteiger partial charge on any atom is 0.223 e. The molecular weight excluding hydrogens is 262 g/mol. The zero-order valence-corrected chi connectivity index (χ0v) is 13.3. The second kappa shape index (κ2) is 7.59. The lowest BCUT2D eigenvalue weighted by atomic mass is 9.88. The summed E-state index contributed by atoms with van der Waals surface area (Å²) in [5, 5.41) is 7.42. The van der Waals surface area contributed by atoms with Crippen molar-refractivity contribution < 1.29 is 4.79 Å². The maximum absolute atomic E-state index is 12.1. The summed E-state index contributed by atoms with van der Waals surface area (Å²) in [6, 6.07) is 1.35. The predicted octanol–water partition coefficient (Wildman–Crippen LogP) is 1.90. The zero-order valence-electron chi connectivity index (χ0n) is 13.3. The number of amides is 1. The maximum atomic E-state index is 12.1. The Balaban J connectivity index is 1.40. The van der Waals surface area contributed by atoms with E-state index in [0.717, 1.165) is 25.6 Å². The molecule has 0 aromatic heterocycles. The largest absolute Gasteiger partial charge is 0.343 e. The number of nitrogens with one attached hydrogen (secondary N) is 2. The van der Waals surface area contributed by atoms with Gasteiger partial charge < -0.3 is 15.5 Å². The average molecular weight is 293 g/mol. The van der Waals surface area contributed by atoms with Gasteiger partial charge in [0.15, 0.2) is 0 Å². The quantitative estimate of drug-likeness (QED) is 0.814. The van der Waals surface area contributed by atoms with E-state index in [1.54, 1.807) is 0 Å². The molecule has 2 aliphatic heterocycles. The molecule has 2 saturated heterocycles. The van der Waals surface area contributed by atoms with Crippen molar-refractivity contribution in [1.82, 2.24) is 15.5 Å². The van der Waals surface area contributed by atoms with Crippen LogP contribution in [0.1, 0.15) is 57.8 Å². The first-order valence-electron chi connectivity index (χ1n) is 9.09. The van der Waals surface area contributed by atoms with Gasteiger partial charge in [0, 0.05) is 38.1 Å². The van der Waals surface area contributed by atoms with Crippen LogP contribution in [0.25, 0.3) is 0 Å². The first-order valence-corrected chi connectivity index (χ1v) is 9.09. The zero-order chi connectivity index (χ0) is 14.5. The van der Waals surface area contributed by atoms with Crippen LogP contribution in [0.5, 0.6) is 0 Å². The first-order chi connectivity index (χ1) is 10.3. The SMILES string of the molecule is O=C(CCNC1CCCC1C1CCCCN1)N1CCCC1. The van der Waals surface area contributed by atoms with Gasteiger partial charge in [0.05, 0.1) is 0 Å². The van der Waals surface area contributed by atoms with Gasteiger partial charge in [-0.25, -0.2) is 0 Å². The third-order valence-corrected chi connectivity index (χ3v) is 5.64. The van der Waals surface area contributed by atoms with Gasteiger partial charge in [0.1, 0.15) is 0 Å². The fourth-order valence-electron chi connectivity index (χ4n) is 4.46. The Morgan fingerprint density at radius 3 is 2.67 bits per heavy atom. The highest BCUT2D eigenvalue weighted by Gasteiger charge is 2.33. The second-order valence-corrected chi connectivity index (χ2v) is 7.05. The summed E-state index contributed by atoms with van der Waals surface area (Å²) in [6.07, 6.45) is 11.1. The van der Waals surface area contributed by atoms with Crippen molar-refractivity contribution in [3.63, 3.8) is 0 Å². The van der Waals surface area contributed by atoms with Crippen molar-refractivity contribution in [1.29, 1.82) is 0 Å². The minimum Gasteiger partial charge on any atom is -0.343 e. The molecule has 0 radical (unpaired) electrons. The van der Waals surface area contributed by atoms with Crippen LogP contribution >= 0.6 is 0 Å². The molecule has 21 heavy (non-hydrogen) atoms.